The van der Waals surface area contributed by atoms with E-state index in [1.165, 1.54) is 45.6 Å². The molecule has 130 valence electrons. The summed E-state index contributed by atoms with van der Waals surface area (Å²) in [6, 6.07) is 7.16. The lowest BCUT2D eigenvalue weighted by atomic mass is 10.0. The highest BCUT2D eigenvalue weighted by atomic mass is 35.5. The number of halogens is 1. The molecule has 0 fully saturated rings. The fourth-order valence-corrected chi connectivity index (χ4v) is 2.74. The third-order valence-corrected chi connectivity index (χ3v) is 4.39. The van der Waals surface area contributed by atoms with Crippen LogP contribution in [0.2, 0.25) is 0 Å². The number of carbonyl (C=O) groups excluding carboxylic acids is 1. The zero-order valence-electron chi connectivity index (χ0n) is 14.4. The number of rotatable bonds is 12. The average molecular weight is 341 g/mol. The van der Waals surface area contributed by atoms with Crippen LogP contribution in [-0.4, -0.2) is 25.6 Å². The van der Waals surface area contributed by atoms with Crippen LogP contribution in [-0.2, 0) is 4.74 Å². The maximum Gasteiger partial charge on any atom is 0.341 e. The molecule has 0 aromatic heterocycles. The number of esters is 1. The van der Waals surface area contributed by atoms with Crippen molar-refractivity contribution in [3.63, 3.8) is 0 Å². The number of para-hydroxylation sites is 1. The van der Waals surface area contributed by atoms with E-state index in [9.17, 15) is 4.79 Å². The molecule has 0 heterocycles. The molecule has 3 nitrogen and oxygen atoms in total. The van der Waals surface area contributed by atoms with Gasteiger partial charge in [-0.05, 0) is 18.6 Å². The predicted octanol–water partition coefficient (Wildman–Crippen LogP) is 5.46. The molecule has 0 aliphatic heterocycles. The molecule has 0 spiro atoms. The van der Waals surface area contributed by atoms with Crippen LogP contribution in [0.1, 0.15) is 62.2 Å². The first kappa shape index (κ1) is 19.8. The van der Waals surface area contributed by atoms with Gasteiger partial charge in [0.1, 0.15) is 11.3 Å². The molecular weight excluding hydrogens is 312 g/mol. The number of carbonyl (C=O) groups is 1. The summed E-state index contributed by atoms with van der Waals surface area (Å²) in [6.45, 7) is 2.76. The normalized spacial score (nSPS) is 12.0. The van der Waals surface area contributed by atoms with E-state index < -0.39 is 0 Å². The molecule has 1 rings (SSSR count). The van der Waals surface area contributed by atoms with Gasteiger partial charge in [-0.2, -0.15) is 0 Å². The summed E-state index contributed by atoms with van der Waals surface area (Å²) in [4.78, 5) is 11.7. The Bertz CT molecular complexity index is 448. The molecule has 1 aromatic rings. The maximum absolute atomic E-state index is 11.7. The van der Waals surface area contributed by atoms with Crippen LogP contribution in [0, 0.1) is 5.92 Å². The smallest absolute Gasteiger partial charge is 0.341 e. The zero-order chi connectivity index (χ0) is 16.9. The number of unbranched alkanes of at least 4 members (excludes halogenated alkanes) is 5. The van der Waals surface area contributed by atoms with Gasteiger partial charge in [-0.3, -0.25) is 0 Å². The standard InChI is InChI=1S/C19H29ClO3/c1-3-4-5-6-7-8-11-16(14-20)15-23-18-13-10-9-12-17(18)19(21)22-2/h9-10,12-13,16H,3-8,11,14-15H2,1-2H3. The van der Waals surface area contributed by atoms with Crippen LogP contribution in [0.15, 0.2) is 24.3 Å². The number of hydrogen-bond acceptors (Lipinski definition) is 3. The largest absolute Gasteiger partial charge is 0.492 e. The monoisotopic (exact) mass is 340 g/mol. The first-order valence-electron chi connectivity index (χ1n) is 8.59. The highest BCUT2D eigenvalue weighted by Crippen LogP contribution is 2.21. The SMILES string of the molecule is CCCCCCCCC(CCl)COc1ccccc1C(=O)OC. The molecule has 0 bridgehead atoms. The fourth-order valence-electron chi connectivity index (χ4n) is 2.50. The molecule has 1 unspecified atom stereocenters. The van der Waals surface area contributed by atoms with Gasteiger partial charge in [0.2, 0.25) is 0 Å². The number of methoxy groups -OCH3 is 1. The molecule has 4 heteroatoms. The number of hydrogen-bond donors (Lipinski definition) is 0. The van der Waals surface area contributed by atoms with E-state index in [2.05, 4.69) is 6.92 Å². The number of ether oxygens (including phenoxy) is 2. The Labute approximate surface area is 145 Å². The lowest BCUT2D eigenvalue weighted by Crippen LogP contribution is -2.15. The van der Waals surface area contributed by atoms with Crippen molar-refractivity contribution in [1.82, 2.24) is 0 Å². The Morgan fingerprint density at radius 1 is 1.13 bits per heavy atom. The summed E-state index contributed by atoms with van der Waals surface area (Å²) in [7, 11) is 1.37. The Kier molecular flexibility index (Phi) is 10.5. The lowest BCUT2D eigenvalue weighted by molar-refractivity contribution is 0.0595. The first-order chi connectivity index (χ1) is 11.2. The van der Waals surface area contributed by atoms with Crippen LogP contribution < -0.4 is 4.74 Å². The third-order valence-electron chi connectivity index (χ3n) is 3.95. The van der Waals surface area contributed by atoms with Crippen LogP contribution in [0.4, 0.5) is 0 Å². The summed E-state index contributed by atoms with van der Waals surface area (Å²) < 4.78 is 10.6. The van der Waals surface area contributed by atoms with E-state index in [1.54, 1.807) is 18.2 Å². The summed E-state index contributed by atoms with van der Waals surface area (Å²) >= 11 is 6.05. The van der Waals surface area contributed by atoms with E-state index in [-0.39, 0.29) is 5.97 Å². The van der Waals surface area contributed by atoms with Gasteiger partial charge in [-0.1, -0.05) is 57.6 Å². The van der Waals surface area contributed by atoms with Crippen molar-refractivity contribution in [2.45, 2.75) is 51.9 Å². The molecule has 0 aliphatic carbocycles. The molecule has 0 amide bonds. The van der Waals surface area contributed by atoms with Gasteiger partial charge >= 0.3 is 5.97 Å². The van der Waals surface area contributed by atoms with Crippen LogP contribution in [0.3, 0.4) is 0 Å². The molecule has 23 heavy (non-hydrogen) atoms. The van der Waals surface area contributed by atoms with Crippen molar-refractivity contribution in [2.24, 2.45) is 5.92 Å². The lowest BCUT2D eigenvalue weighted by Gasteiger charge is -2.16. The minimum atomic E-state index is -0.376. The summed E-state index contributed by atoms with van der Waals surface area (Å²) in [5.74, 6) is 1.08. The number of benzene rings is 1. The van der Waals surface area contributed by atoms with Gasteiger partial charge in [0.15, 0.2) is 0 Å². The molecule has 1 aromatic carbocycles. The van der Waals surface area contributed by atoms with E-state index in [4.69, 9.17) is 21.1 Å². The molecular formula is C19H29ClO3. The average Bonchev–Trinajstić information content (AvgIpc) is 2.60. The van der Waals surface area contributed by atoms with E-state index >= 15 is 0 Å². The Morgan fingerprint density at radius 3 is 2.52 bits per heavy atom. The molecule has 1 atom stereocenters. The van der Waals surface area contributed by atoms with Gasteiger partial charge in [0.25, 0.3) is 0 Å². The second kappa shape index (κ2) is 12.2. The topological polar surface area (TPSA) is 35.5 Å². The van der Waals surface area contributed by atoms with Crippen molar-refractivity contribution in [3.8, 4) is 5.75 Å². The van der Waals surface area contributed by atoms with E-state index in [1.807, 2.05) is 6.07 Å². The van der Waals surface area contributed by atoms with Crippen molar-refractivity contribution in [3.05, 3.63) is 29.8 Å². The van der Waals surface area contributed by atoms with Crippen molar-refractivity contribution >= 4 is 17.6 Å². The second-order valence-electron chi connectivity index (χ2n) is 5.88. The van der Waals surface area contributed by atoms with Crippen molar-refractivity contribution in [2.75, 3.05) is 19.6 Å². The summed E-state index contributed by atoms with van der Waals surface area (Å²) in [5.41, 5.74) is 0.461. The molecule has 0 aliphatic rings. The van der Waals surface area contributed by atoms with Crippen molar-refractivity contribution in [1.29, 1.82) is 0 Å². The molecule has 0 saturated heterocycles. The van der Waals surface area contributed by atoms with Crippen LogP contribution in [0.5, 0.6) is 5.75 Å². The summed E-state index contributed by atoms with van der Waals surface area (Å²) in [5, 5.41) is 0. The fraction of sp³-hybridized carbons (Fsp3) is 0.632. The van der Waals surface area contributed by atoms with Gasteiger partial charge in [-0.15, -0.1) is 11.6 Å². The highest BCUT2D eigenvalue weighted by molar-refractivity contribution is 6.18. The number of alkyl halides is 1. The predicted molar refractivity (Wildman–Crippen MR) is 95.5 cm³/mol. The minimum Gasteiger partial charge on any atom is -0.492 e. The van der Waals surface area contributed by atoms with Crippen LogP contribution >= 0.6 is 11.6 Å². The van der Waals surface area contributed by atoms with Gasteiger partial charge in [-0.25, -0.2) is 4.79 Å². The molecule has 0 saturated carbocycles. The van der Waals surface area contributed by atoms with Gasteiger partial charge in [0.05, 0.1) is 13.7 Å². The Hall–Kier alpha value is -1.22. The third kappa shape index (κ3) is 7.74. The molecule has 0 radical (unpaired) electrons. The maximum atomic E-state index is 11.7. The second-order valence-corrected chi connectivity index (χ2v) is 6.18. The first-order valence-corrected chi connectivity index (χ1v) is 9.12. The zero-order valence-corrected chi connectivity index (χ0v) is 15.1. The highest BCUT2D eigenvalue weighted by Gasteiger charge is 2.14. The van der Waals surface area contributed by atoms with Crippen LogP contribution in [0.25, 0.3) is 0 Å². The van der Waals surface area contributed by atoms with Crippen molar-refractivity contribution < 1.29 is 14.3 Å². The Morgan fingerprint density at radius 2 is 1.83 bits per heavy atom. The summed E-state index contributed by atoms with van der Waals surface area (Å²) in [6.07, 6.45) is 8.73. The van der Waals surface area contributed by atoms with Gasteiger partial charge in [0, 0.05) is 11.8 Å². The van der Waals surface area contributed by atoms with E-state index in [0.717, 1.165) is 6.42 Å². The van der Waals surface area contributed by atoms with Gasteiger partial charge < -0.3 is 9.47 Å². The minimum absolute atomic E-state index is 0.313. The van der Waals surface area contributed by atoms with E-state index in [0.29, 0.717) is 29.7 Å². The quantitative estimate of drug-likeness (QED) is 0.288. The molecule has 0 N–H and O–H groups in total. The Balaban J connectivity index is 2.38.